The molecule has 2 fully saturated rings. The predicted molar refractivity (Wildman–Crippen MR) is 106 cm³/mol. The summed E-state index contributed by atoms with van der Waals surface area (Å²) >= 11 is 0. The van der Waals surface area contributed by atoms with Gasteiger partial charge >= 0.3 is 6.09 Å². The molecule has 2 aliphatic rings. The maximum atomic E-state index is 12.3. The number of anilines is 1. The third kappa shape index (κ3) is 3.13. The number of hydrogen-bond donors (Lipinski definition) is 1. The molecule has 0 atom stereocenters. The molecule has 0 spiro atoms. The number of aryl methyl sites for hydroxylation is 1. The smallest absolute Gasteiger partial charge is 0.410 e. The van der Waals surface area contributed by atoms with Gasteiger partial charge in [-0.1, -0.05) is 0 Å². The number of oxazole rings is 1. The normalized spacial score (nSPS) is 17.1. The molecule has 0 saturated carbocycles. The van der Waals surface area contributed by atoms with Crippen molar-refractivity contribution in [1.29, 1.82) is 5.26 Å². The first-order valence-electron chi connectivity index (χ1n) is 9.75. The summed E-state index contributed by atoms with van der Waals surface area (Å²) in [4.78, 5) is 28.1. The van der Waals surface area contributed by atoms with Crippen LogP contribution in [0.25, 0.3) is 22.4 Å². The molecule has 3 aromatic rings. The number of ether oxygens (including phenoxy) is 2. The van der Waals surface area contributed by atoms with Gasteiger partial charge in [0.15, 0.2) is 12.0 Å². The van der Waals surface area contributed by atoms with Crippen LogP contribution in [0.15, 0.2) is 22.9 Å². The fourth-order valence-electron chi connectivity index (χ4n) is 3.77. The van der Waals surface area contributed by atoms with Crippen molar-refractivity contribution in [3.8, 4) is 17.5 Å². The van der Waals surface area contributed by atoms with Crippen LogP contribution >= 0.6 is 0 Å². The first-order chi connectivity index (χ1) is 14.6. The number of fused-ring (bicyclic) bond motifs is 1. The molecule has 154 valence electrons. The number of carbonyl (C=O) groups is 1. The van der Waals surface area contributed by atoms with Crippen LogP contribution in [-0.2, 0) is 9.47 Å². The second-order valence-corrected chi connectivity index (χ2v) is 7.31. The van der Waals surface area contributed by atoms with E-state index in [1.54, 1.807) is 18.0 Å². The van der Waals surface area contributed by atoms with Crippen molar-refractivity contribution in [2.24, 2.45) is 0 Å². The Morgan fingerprint density at radius 3 is 2.77 bits per heavy atom. The van der Waals surface area contributed by atoms with Gasteiger partial charge in [-0.05, 0) is 6.07 Å². The maximum Gasteiger partial charge on any atom is 0.410 e. The minimum atomic E-state index is -0.300. The van der Waals surface area contributed by atoms with Gasteiger partial charge in [-0.3, -0.25) is 0 Å². The number of hydrogen-bond acceptors (Lipinski definition) is 8. The van der Waals surface area contributed by atoms with Crippen molar-refractivity contribution >= 4 is 22.8 Å². The number of nitrogens with one attached hydrogen (secondary N) is 1. The average Bonchev–Trinajstić information content (AvgIpc) is 3.33. The second kappa shape index (κ2) is 7.35. The molecule has 0 aliphatic carbocycles. The summed E-state index contributed by atoms with van der Waals surface area (Å²) in [6, 6.07) is 4.19. The molecule has 0 unspecified atom stereocenters. The Labute approximate surface area is 172 Å². The highest BCUT2D eigenvalue weighted by molar-refractivity contribution is 5.99. The van der Waals surface area contributed by atoms with Crippen LogP contribution in [0.4, 0.5) is 10.5 Å². The zero-order valence-electron chi connectivity index (χ0n) is 16.4. The van der Waals surface area contributed by atoms with E-state index in [2.05, 4.69) is 25.9 Å². The number of amides is 1. The molecule has 10 nitrogen and oxygen atoms in total. The van der Waals surface area contributed by atoms with Crippen molar-refractivity contribution in [1.82, 2.24) is 19.9 Å². The monoisotopic (exact) mass is 408 g/mol. The SMILES string of the molecule is Cc1nc(-c2[nH]c3nccc(N4CCN(C(=O)OC5COC5)CC4)c3c2C#N)co1. The minimum absolute atomic E-state index is 0.132. The lowest BCUT2D eigenvalue weighted by atomic mass is 10.1. The maximum absolute atomic E-state index is 12.3. The standard InChI is InChI=1S/C20H20N6O4/c1-12-23-15(11-29-12)18-14(8-21)17-16(2-3-22-19(17)24-18)25-4-6-26(7-5-25)20(27)30-13-9-28-10-13/h2-3,11,13H,4-7,9-10H2,1H3,(H,22,24). The number of nitriles is 1. The first-order valence-corrected chi connectivity index (χ1v) is 9.75. The van der Waals surface area contributed by atoms with Crippen LogP contribution in [0.1, 0.15) is 11.5 Å². The molecule has 30 heavy (non-hydrogen) atoms. The molecular formula is C20H20N6O4. The van der Waals surface area contributed by atoms with Gasteiger partial charge in [-0.15, -0.1) is 0 Å². The minimum Gasteiger partial charge on any atom is -0.449 e. The van der Waals surface area contributed by atoms with E-state index in [9.17, 15) is 10.1 Å². The van der Waals surface area contributed by atoms with E-state index in [1.807, 2.05) is 6.07 Å². The molecule has 5 rings (SSSR count). The quantitative estimate of drug-likeness (QED) is 0.699. The summed E-state index contributed by atoms with van der Waals surface area (Å²) in [6.45, 7) is 5.03. The van der Waals surface area contributed by atoms with E-state index >= 15 is 0 Å². The zero-order valence-corrected chi connectivity index (χ0v) is 16.4. The van der Waals surface area contributed by atoms with Crippen molar-refractivity contribution in [3.05, 3.63) is 30.0 Å². The molecule has 1 N–H and O–H groups in total. The summed E-state index contributed by atoms with van der Waals surface area (Å²) < 4.78 is 15.8. The number of aromatic nitrogens is 3. The molecule has 0 bridgehead atoms. The lowest BCUT2D eigenvalue weighted by molar-refractivity contribution is -0.104. The van der Waals surface area contributed by atoms with Crippen molar-refractivity contribution in [2.45, 2.75) is 13.0 Å². The van der Waals surface area contributed by atoms with Crippen LogP contribution in [0.2, 0.25) is 0 Å². The number of carbonyl (C=O) groups excluding carboxylic acids is 1. The number of nitrogens with zero attached hydrogens (tertiary/aromatic N) is 5. The van der Waals surface area contributed by atoms with Crippen LogP contribution in [-0.4, -0.2) is 71.4 Å². The second-order valence-electron chi connectivity index (χ2n) is 7.31. The average molecular weight is 408 g/mol. The topological polar surface area (TPSA) is 121 Å². The third-order valence-corrected chi connectivity index (χ3v) is 5.41. The molecule has 2 saturated heterocycles. The number of piperazine rings is 1. The third-order valence-electron chi connectivity index (χ3n) is 5.41. The van der Waals surface area contributed by atoms with Gasteiger partial charge in [-0.25, -0.2) is 14.8 Å². The molecule has 3 aromatic heterocycles. The van der Waals surface area contributed by atoms with E-state index < -0.39 is 0 Å². The zero-order chi connectivity index (χ0) is 20.7. The van der Waals surface area contributed by atoms with Gasteiger partial charge in [0.05, 0.1) is 35.5 Å². The van der Waals surface area contributed by atoms with Gasteiger partial charge in [0.1, 0.15) is 23.7 Å². The van der Waals surface area contributed by atoms with Gasteiger partial charge < -0.3 is 28.7 Å². The van der Waals surface area contributed by atoms with Gasteiger partial charge in [0.2, 0.25) is 0 Å². The van der Waals surface area contributed by atoms with Crippen LogP contribution in [0.3, 0.4) is 0 Å². The molecule has 0 radical (unpaired) electrons. The van der Waals surface area contributed by atoms with Crippen molar-refractivity contribution < 1.29 is 18.7 Å². The molecule has 1 amide bonds. The summed E-state index contributed by atoms with van der Waals surface area (Å²) in [7, 11) is 0. The molecule has 2 aliphatic heterocycles. The molecular weight excluding hydrogens is 388 g/mol. The van der Waals surface area contributed by atoms with E-state index in [0.29, 0.717) is 67.9 Å². The van der Waals surface area contributed by atoms with Crippen LogP contribution in [0.5, 0.6) is 0 Å². The Morgan fingerprint density at radius 1 is 1.33 bits per heavy atom. The Hall–Kier alpha value is -3.58. The Balaban J connectivity index is 1.40. The number of rotatable bonds is 3. The number of aromatic amines is 1. The van der Waals surface area contributed by atoms with E-state index in [-0.39, 0.29) is 12.2 Å². The van der Waals surface area contributed by atoms with Gasteiger partial charge in [-0.2, -0.15) is 5.26 Å². The van der Waals surface area contributed by atoms with E-state index in [4.69, 9.17) is 13.9 Å². The van der Waals surface area contributed by atoms with Gasteiger partial charge in [0, 0.05) is 39.3 Å². The molecule has 5 heterocycles. The highest BCUT2D eigenvalue weighted by Gasteiger charge is 2.29. The fourth-order valence-corrected chi connectivity index (χ4v) is 3.77. The predicted octanol–water partition coefficient (Wildman–Crippen LogP) is 2.06. The molecule has 10 heteroatoms. The fraction of sp³-hybridized carbons (Fsp3) is 0.400. The Morgan fingerprint density at radius 2 is 2.13 bits per heavy atom. The highest BCUT2D eigenvalue weighted by Crippen LogP contribution is 2.35. The first kappa shape index (κ1) is 18.4. The summed E-state index contributed by atoms with van der Waals surface area (Å²) in [5, 5.41) is 10.6. The van der Waals surface area contributed by atoms with E-state index in [1.165, 1.54) is 6.26 Å². The molecule has 0 aromatic carbocycles. The summed E-state index contributed by atoms with van der Waals surface area (Å²) in [6.07, 6.45) is 2.81. The van der Waals surface area contributed by atoms with Gasteiger partial charge in [0.25, 0.3) is 0 Å². The largest absolute Gasteiger partial charge is 0.449 e. The number of pyridine rings is 1. The lowest BCUT2D eigenvalue weighted by Crippen LogP contribution is -2.51. The van der Waals surface area contributed by atoms with Crippen LogP contribution < -0.4 is 4.90 Å². The Kier molecular flexibility index (Phi) is 4.52. The van der Waals surface area contributed by atoms with Crippen LogP contribution in [0, 0.1) is 18.3 Å². The Bertz CT molecular complexity index is 1130. The summed E-state index contributed by atoms with van der Waals surface area (Å²) in [5.74, 6) is 0.525. The highest BCUT2D eigenvalue weighted by atomic mass is 16.6. The van der Waals surface area contributed by atoms with E-state index in [0.717, 1.165) is 11.1 Å². The summed E-state index contributed by atoms with van der Waals surface area (Å²) in [5.41, 5.74) is 3.16. The van der Waals surface area contributed by atoms with Crippen molar-refractivity contribution in [2.75, 3.05) is 44.3 Å². The van der Waals surface area contributed by atoms with Crippen molar-refractivity contribution in [3.63, 3.8) is 0 Å². The number of H-pyrrole nitrogens is 1. The lowest BCUT2D eigenvalue weighted by Gasteiger charge is -2.37.